The molecule has 0 fully saturated rings. The highest BCUT2D eigenvalue weighted by Gasteiger charge is 2.29. The van der Waals surface area contributed by atoms with E-state index < -0.39 is 0 Å². The third-order valence-electron chi connectivity index (χ3n) is 4.69. The van der Waals surface area contributed by atoms with Crippen LogP contribution < -0.4 is 0 Å². The molecule has 3 heterocycles. The molecule has 1 aliphatic heterocycles. The molecular formula is C19H20N6O. The molecule has 0 spiro atoms. The van der Waals surface area contributed by atoms with Crippen molar-refractivity contribution in [3.05, 3.63) is 71.6 Å². The van der Waals surface area contributed by atoms with Crippen LogP contribution in [0.1, 0.15) is 40.5 Å². The summed E-state index contributed by atoms with van der Waals surface area (Å²) < 4.78 is 2.18. The second-order valence-electron chi connectivity index (χ2n) is 6.55. The summed E-state index contributed by atoms with van der Waals surface area (Å²) >= 11 is 0. The minimum Gasteiger partial charge on any atom is -0.329 e. The lowest BCUT2D eigenvalue weighted by Gasteiger charge is -2.32. The van der Waals surface area contributed by atoms with Gasteiger partial charge in [0.25, 0.3) is 5.91 Å². The summed E-state index contributed by atoms with van der Waals surface area (Å²) in [6, 6.07) is 12.2. The van der Waals surface area contributed by atoms with Gasteiger partial charge in [0.15, 0.2) is 5.82 Å². The van der Waals surface area contributed by atoms with Crippen LogP contribution in [0.25, 0.3) is 0 Å². The minimum atomic E-state index is -0.0492. The van der Waals surface area contributed by atoms with E-state index >= 15 is 0 Å². The highest BCUT2D eigenvalue weighted by molar-refractivity contribution is 5.93. The Balaban J connectivity index is 1.50. The molecule has 4 rings (SSSR count). The van der Waals surface area contributed by atoms with Gasteiger partial charge in [-0.3, -0.25) is 4.79 Å². The van der Waals surface area contributed by atoms with Gasteiger partial charge in [-0.1, -0.05) is 30.3 Å². The van der Waals surface area contributed by atoms with Gasteiger partial charge < -0.3 is 9.47 Å². The molecule has 0 unspecified atom stereocenters. The molecule has 7 heteroatoms. The van der Waals surface area contributed by atoms with Crippen LogP contribution >= 0.6 is 0 Å². The van der Waals surface area contributed by atoms with Gasteiger partial charge in [0.2, 0.25) is 0 Å². The van der Waals surface area contributed by atoms with Gasteiger partial charge in [-0.15, -0.1) is 10.2 Å². The van der Waals surface area contributed by atoms with E-state index in [9.17, 15) is 4.79 Å². The molecule has 0 N–H and O–H groups in total. The predicted molar refractivity (Wildman–Crippen MR) is 95.4 cm³/mol. The van der Waals surface area contributed by atoms with Crippen LogP contribution in [0.5, 0.6) is 0 Å². The fraction of sp³-hybridized carbons (Fsp3) is 0.316. The number of nitrogens with zero attached hydrogens (tertiary/aromatic N) is 6. The van der Waals surface area contributed by atoms with Crippen molar-refractivity contribution in [3.8, 4) is 0 Å². The second kappa shape index (κ2) is 7.03. The van der Waals surface area contributed by atoms with Crippen LogP contribution in [-0.4, -0.2) is 42.3 Å². The van der Waals surface area contributed by atoms with Gasteiger partial charge in [0.1, 0.15) is 5.82 Å². The maximum atomic E-state index is 12.7. The van der Waals surface area contributed by atoms with Crippen LogP contribution in [0, 0.1) is 0 Å². The van der Waals surface area contributed by atoms with E-state index in [1.165, 1.54) is 18.0 Å². The molecule has 1 aliphatic rings. The topological polar surface area (TPSA) is 76.8 Å². The Bertz CT molecular complexity index is 893. The molecule has 0 saturated carbocycles. The first kappa shape index (κ1) is 16.4. The van der Waals surface area contributed by atoms with E-state index in [2.05, 4.69) is 56.2 Å². The van der Waals surface area contributed by atoms with E-state index in [-0.39, 0.29) is 11.9 Å². The SMILES string of the molecule is C[C@H]1CN(C(=O)c2ccnnc2)Cc2nnc(CCc3ccccc3)n21. The van der Waals surface area contributed by atoms with Gasteiger partial charge in [-0.05, 0) is 25.0 Å². The quantitative estimate of drug-likeness (QED) is 0.721. The average Bonchev–Trinajstić information content (AvgIpc) is 3.11. The minimum absolute atomic E-state index is 0.0492. The third kappa shape index (κ3) is 3.20. The molecule has 1 amide bonds. The molecule has 0 saturated heterocycles. The lowest BCUT2D eigenvalue weighted by atomic mass is 10.1. The van der Waals surface area contributed by atoms with E-state index in [1.54, 1.807) is 11.0 Å². The first-order valence-corrected chi connectivity index (χ1v) is 8.75. The van der Waals surface area contributed by atoms with Crippen molar-refractivity contribution < 1.29 is 4.79 Å². The zero-order valence-electron chi connectivity index (χ0n) is 14.6. The van der Waals surface area contributed by atoms with Gasteiger partial charge in [-0.2, -0.15) is 10.2 Å². The van der Waals surface area contributed by atoms with Crippen LogP contribution in [0.3, 0.4) is 0 Å². The van der Waals surface area contributed by atoms with Crippen molar-refractivity contribution in [2.45, 2.75) is 32.4 Å². The molecule has 2 aromatic heterocycles. The zero-order valence-corrected chi connectivity index (χ0v) is 14.6. The number of carbonyl (C=O) groups excluding carboxylic acids is 1. The summed E-state index contributed by atoms with van der Waals surface area (Å²) in [4.78, 5) is 14.5. The Kier molecular flexibility index (Phi) is 4.43. The number of hydrogen-bond acceptors (Lipinski definition) is 5. The highest BCUT2D eigenvalue weighted by atomic mass is 16.2. The van der Waals surface area contributed by atoms with Crippen molar-refractivity contribution in [1.82, 2.24) is 29.9 Å². The second-order valence-corrected chi connectivity index (χ2v) is 6.55. The maximum Gasteiger partial charge on any atom is 0.256 e. The number of benzene rings is 1. The molecular weight excluding hydrogens is 328 g/mol. The number of amides is 1. The summed E-state index contributed by atoms with van der Waals surface area (Å²) in [5.74, 6) is 1.77. The molecule has 26 heavy (non-hydrogen) atoms. The maximum absolute atomic E-state index is 12.7. The largest absolute Gasteiger partial charge is 0.329 e. The third-order valence-corrected chi connectivity index (χ3v) is 4.69. The fourth-order valence-electron chi connectivity index (χ4n) is 3.44. The lowest BCUT2D eigenvalue weighted by Crippen LogP contribution is -2.40. The van der Waals surface area contributed by atoms with Crippen molar-refractivity contribution >= 4 is 5.91 Å². The smallest absolute Gasteiger partial charge is 0.256 e. The number of fused-ring (bicyclic) bond motifs is 1. The van der Waals surface area contributed by atoms with Crippen LogP contribution in [0.4, 0.5) is 0 Å². The molecule has 1 atom stereocenters. The van der Waals surface area contributed by atoms with Crippen LogP contribution in [0.2, 0.25) is 0 Å². The van der Waals surface area contributed by atoms with E-state index in [4.69, 9.17) is 0 Å². The predicted octanol–water partition coefficient (Wildman–Crippen LogP) is 2.07. The van der Waals surface area contributed by atoms with E-state index in [1.807, 2.05) is 6.07 Å². The molecule has 0 aliphatic carbocycles. The number of aromatic nitrogens is 5. The van der Waals surface area contributed by atoms with E-state index in [0.717, 1.165) is 24.5 Å². The standard InChI is InChI=1S/C19H20N6O/c1-14-12-24(19(26)16-9-10-20-21-11-16)13-18-23-22-17(25(14)18)8-7-15-5-3-2-4-6-15/h2-6,9-11,14H,7-8,12-13H2,1H3/t14-/m0/s1. The first-order chi connectivity index (χ1) is 12.7. The van der Waals surface area contributed by atoms with Gasteiger partial charge in [-0.25, -0.2) is 0 Å². The molecule has 132 valence electrons. The van der Waals surface area contributed by atoms with Crippen LogP contribution in [-0.2, 0) is 19.4 Å². The summed E-state index contributed by atoms with van der Waals surface area (Å²) in [5.41, 5.74) is 1.83. The number of hydrogen-bond donors (Lipinski definition) is 0. The Hall–Kier alpha value is -3.09. The normalized spacial score (nSPS) is 16.3. The summed E-state index contributed by atoms with van der Waals surface area (Å²) in [6.45, 7) is 3.19. The number of rotatable bonds is 4. The van der Waals surface area contributed by atoms with Gasteiger partial charge >= 0.3 is 0 Å². The highest BCUT2D eigenvalue weighted by Crippen LogP contribution is 2.23. The van der Waals surface area contributed by atoms with Crippen molar-refractivity contribution in [2.75, 3.05) is 6.54 Å². The van der Waals surface area contributed by atoms with Crippen molar-refractivity contribution in [2.24, 2.45) is 0 Å². The number of aryl methyl sites for hydroxylation is 2. The van der Waals surface area contributed by atoms with Gasteiger partial charge in [0, 0.05) is 13.0 Å². The Morgan fingerprint density at radius 3 is 2.73 bits per heavy atom. The lowest BCUT2D eigenvalue weighted by molar-refractivity contribution is 0.0679. The molecule has 0 radical (unpaired) electrons. The molecule has 1 aromatic carbocycles. The Morgan fingerprint density at radius 2 is 1.96 bits per heavy atom. The first-order valence-electron chi connectivity index (χ1n) is 8.75. The van der Waals surface area contributed by atoms with Gasteiger partial charge in [0.05, 0.1) is 30.5 Å². The fourth-order valence-corrected chi connectivity index (χ4v) is 3.44. The van der Waals surface area contributed by atoms with Crippen molar-refractivity contribution in [1.29, 1.82) is 0 Å². The summed E-state index contributed by atoms with van der Waals surface area (Å²) in [5, 5.41) is 16.2. The number of carbonyl (C=O) groups is 1. The molecule has 7 nitrogen and oxygen atoms in total. The molecule has 0 bridgehead atoms. The monoisotopic (exact) mass is 348 g/mol. The Morgan fingerprint density at radius 1 is 1.12 bits per heavy atom. The molecule has 3 aromatic rings. The summed E-state index contributed by atoms with van der Waals surface area (Å²) in [6.07, 6.45) is 4.79. The Labute approximate surface area is 151 Å². The zero-order chi connectivity index (χ0) is 17.9. The van der Waals surface area contributed by atoms with Crippen molar-refractivity contribution in [3.63, 3.8) is 0 Å². The van der Waals surface area contributed by atoms with E-state index in [0.29, 0.717) is 18.7 Å². The average molecular weight is 348 g/mol. The van der Waals surface area contributed by atoms with Crippen LogP contribution in [0.15, 0.2) is 48.8 Å². The summed E-state index contributed by atoms with van der Waals surface area (Å²) in [7, 11) is 0.